The van der Waals surface area contributed by atoms with Gasteiger partial charge < -0.3 is 14.5 Å². The summed E-state index contributed by atoms with van der Waals surface area (Å²) in [5.41, 5.74) is -0.00223. The van der Waals surface area contributed by atoms with Gasteiger partial charge >= 0.3 is 6.09 Å². The number of aromatic amines is 1. The van der Waals surface area contributed by atoms with Crippen LogP contribution in [0, 0.1) is 0 Å². The van der Waals surface area contributed by atoms with Crippen LogP contribution in [0.2, 0.25) is 0 Å². The Bertz CT molecular complexity index is 719. The van der Waals surface area contributed by atoms with Crippen molar-refractivity contribution in [2.24, 2.45) is 0 Å². The van der Waals surface area contributed by atoms with E-state index >= 15 is 0 Å². The van der Waals surface area contributed by atoms with Gasteiger partial charge in [-0.25, -0.2) is 9.89 Å². The van der Waals surface area contributed by atoms with Crippen molar-refractivity contribution in [2.75, 3.05) is 19.6 Å². The highest BCUT2D eigenvalue weighted by molar-refractivity contribution is 5.76. The normalized spacial score (nSPS) is 20.0. The maximum atomic E-state index is 12.5. The van der Waals surface area contributed by atoms with E-state index < -0.39 is 5.60 Å². The first-order chi connectivity index (χ1) is 12.9. The maximum absolute atomic E-state index is 12.5. The summed E-state index contributed by atoms with van der Waals surface area (Å²) in [6.45, 7) is 5.99. The standard InChI is InChI=1S/C19H28N4O4/c1-3-4-14(2)23-13-19(27-18(23)26)9-11-22(12-10-19)17(25)8-6-15-5-7-16(24)21-20-15/h5,7,14H,3-4,6,8-13H2,1-2H3,(H,21,24). The summed E-state index contributed by atoms with van der Waals surface area (Å²) in [6.07, 6.45) is 3.98. The second-order valence-electron chi connectivity index (χ2n) is 7.61. The molecule has 1 spiro atoms. The fourth-order valence-electron chi connectivity index (χ4n) is 3.89. The number of amides is 2. The molecule has 1 atom stereocenters. The molecule has 8 nitrogen and oxygen atoms in total. The number of nitrogens with one attached hydrogen (secondary N) is 1. The highest BCUT2D eigenvalue weighted by Gasteiger charge is 2.48. The minimum atomic E-state index is -0.448. The predicted octanol–water partition coefficient (Wildman–Crippen LogP) is 1.70. The molecular weight excluding hydrogens is 348 g/mol. The molecule has 2 fully saturated rings. The van der Waals surface area contributed by atoms with Gasteiger partial charge in [-0.2, -0.15) is 5.10 Å². The average Bonchev–Trinajstić information content (AvgIpc) is 2.98. The molecular formula is C19H28N4O4. The van der Waals surface area contributed by atoms with Crippen molar-refractivity contribution < 1.29 is 14.3 Å². The van der Waals surface area contributed by atoms with Crippen molar-refractivity contribution in [3.8, 4) is 0 Å². The van der Waals surface area contributed by atoms with E-state index in [1.54, 1.807) is 6.07 Å². The number of piperidine rings is 1. The van der Waals surface area contributed by atoms with Gasteiger partial charge in [0.2, 0.25) is 5.91 Å². The van der Waals surface area contributed by atoms with Gasteiger partial charge in [0.15, 0.2) is 0 Å². The number of ether oxygens (including phenoxy) is 1. The highest BCUT2D eigenvalue weighted by Crippen LogP contribution is 2.34. The van der Waals surface area contributed by atoms with Crippen LogP contribution in [0.15, 0.2) is 16.9 Å². The quantitative estimate of drug-likeness (QED) is 0.815. The summed E-state index contributed by atoms with van der Waals surface area (Å²) in [5.74, 6) is 0.0679. The van der Waals surface area contributed by atoms with Crippen LogP contribution in [0.25, 0.3) is 0 Å². The fraction of sp³-hybridized carbons (Fsp3) is 0.684. The SMILES string of the molecule is CCCC(C)N1CC2(CCN(C(=O)CCc3ccc(=O)[nH]n3)CC2)OC1=O. The van der Waals surface area contributed by atoms with Gasteiger partial charge in [-0.1, -0.05) is 13.3 Å². The molecule has 1 N–H and O–H groups in total. The van der Waals surface area contributed by atoms with E-state index in [2.05, 4.69) is 24.0 Å². The first kappa shape index (κ1) is 19.4. The zero-order valence-electron chi connectivity index (χ0n) is 16.1. The van der Waals surface area contributed by atoms with Crippen molar-refractivity contribution in [1.29, 1.82) is 0 Å². The second kappa shape index (κ2) is 8.10. The Morgan fingerprint density at radius 1 is 1.33 bits per heavy atom. The summed E-state index contributed by atoms with van der Waals surface area (Å²) in [6, 6.07) is 3.24. The van der Waals surface area contributed by atoms with Crippen LogP contribution in [0.5, 0.6) is 0 Å². The van der Waals surface area contributed by atoms with Crippen LogP contribution in [-0.2, 0) is 16.0 Å². The number of carbonyl (C=O) groups is 2. The molecule has 2 aliphatic heterocycles. The third kappa shape index (κ3) is 4.48. The molecule has 148 valence electrons. The lowest BCUT2D eigenvalue weighted by Gasteiger charge is -2.37. The molecule has 27 heavy (non-hydrogen) atoms. The van der Waals surface area contributed by atoms with Gasteiger partial charge in [-0.05, 0) is 19.4 Å². The Hall–Kier alpha value is -2.38. The van der Waals surface area contributed by atoms with Crippen molar-refractivity contribution in [3.63, 3.8) is 0 Å². The summed E-state index contributed by atoms with van der Waals surface area (Å²) < 4.78 is 5.74. The van der Waals surface area contributed by atoms with Gasteiger partial charge in [0, 0.05) is 50.9 Å². The summed E-state index contributed by atoms with van der Waals surface area (Å²) in [7, 11) is 0. The molecule has 0 aliphatic carbocycles. The number of carbonyl (C=O) groups excluding carboxylic acids is 2. The third-order valence-electron chi connectivity index (χ3n) is 5.59. The van der Waals surface area contributed by atoms with Crippen LogP contribution in [0.4, 0.5) is 4.79 Å². The third-order valence-corrected chi connectivity index (χ3v) is 5.59. The molecule has 8 heteroatoms. The predicted molar refractivity (Wildman–Crippen MR) is 99.3 cm³/mol. The van der Waals surface area contributed by atoms with Crippen LogP contribution in [0.1, 0.15) is 51.6 Å². The first-order valence-electron chi connectivity index (χ1n) is 9.74. The number of nitrogens with zero attached hydrogens (tertiary/aromatic N) is 3. The van der Waals surface area contributed by atoms with E-state index in [-0.39, 0.29) is 23.6 Å². The topological polar surface area (TPSA) is 95.6 Å². The molecule has 0 aromatic carbocycles. The molecule has 3 heterocycles. The molecule has 1 aromatic rings. The Kier molecular flexibility index (Phi) is 5.82. The molecule has 0 bridgehead atoms. The van der Waals surface area contributed by atoms with Crippen molar-refractivity contribution >= 4 is 12.0 Å². The summed E-state index contributed by atoms with van der Waals surface area (Å²) in [5, 5.41) is 6.31. The summed E-state index contributed by atoms with van der Waals surface area (Å²) in [4.78, 5) is 39.4. The van der Waals surface area contributed by atoms with Crippen LogP contribution < -0.4 is 5.56 Å². The number of rotatable bonds is 6. The Balaban J connectivity index is 1.49. The van der Waals surface area contributed by atoms with E-state index in [1.807, 2.05) is 9.80 Å². The minimum Gasteiger partial charge on any atom is -0.441 e. The van der Waals surface area contributed by atoms with Crippen LogP contribution in [0.3, 0.4) is 0 Å². The minimum absolute atomic E-state index is 0.0679. The average molecular weight is 376 g/mol. The van der Waals surface area contributed by atoms with Crippen molar-refractivity contribution in [1.82, 2.24) is 20.0 Å². The molecule has 1 unspecified atom stereocenters. The molecule has 1 aromatic heterocycles. The van der Waals surface area contributed by atoms with Gasteiger partial charge in [0.05, 0.1) is 12.2 Å². The Morgan fingerprint density at radius 3 is 2.70 bits per heavy atom. The largest absolute Gasteiger partial charge is 0.441 e. The van der Waals surface area contributed by atoms with E-state index in [0.717, 1.165) is 12.8 Å². The monoisotopic (exact) mass is 376 g/mol. The van der Waals surface area contributed by atoms with Crippen LogP contribution in [-0.4, -0.2) is 63.3 Å². The second-order valence-corrected chi connectivity index (χ2v) is 7.61. The lowest BCUT2D eigenvalue weighted by atomic mass is 9.90. The van der Waals surface area contributed by atoms with Gasteiger partial charge in [-0.15, -0.1) is 0 Å². The van der Waals surface area contributed by atoms with E-state index in [1.165, 1.54) is 6.07 Å². The van der Waals surface area contributed by atoms with Crippen molar-refractivity contribution in [3.05, 3.63) is 28.2 Å². The van der Waals surface area contributed by atoms with E-state index in [4.69, 9.17) is 4.74 Å². The zero-order chi connectivity index (χ0) is 19.4. The molecule has 0 saturated carbocycles. The van der Waals surface area contributed by atoms with Gasteiger partial charge in [0.25, 0.3) is 5.56 Å². The number of hydrogen-bond donors (Lipinski definition) is 1. The molecule has 2 aliphatic rings. The highest BCUT2D eigenvalue weighted by atomic mass is 16.6. The van der Waals surface area contributed by atoms with Crippen molar-refractivity contribution in [2.45, 2.75) is 64.0 Å². The molecule has 2 amide bonds. The number of aromatic nitrogens is 2. The van der Waals surface area contributed by atoms with Crippen LogP contribution >= 0.6 is 0 Å². The van der Waals surface area contributed by atoms with E-state index in [9.17, 15) is 14.4 Å². The number of hydrogen-bond acceptors (Lipinski definition) is 5. The first-order valence-corrected chi connectivity index (χ1v) is 9.74. The lowest BCUT2D eigenvalue weighted by Crippen LogP contribution is -2.49. The fourth-order valence-corrected chi connectivity index (χ4v) is 3.89. The Morgan fingerprint density at radius 2 is 2.07 bits per heavy atom. The number of H-pyrrole nitrogens is 1. The molecule has 3 rings (SSSR count). The van der Waals surface area contributed by atoms with Gasteiger partial charge in [0.1, 0.15) is 5.60 Å². The Labute approximate surface area is 158 Å². The smallest absolute Gasteiger partial charge is 0.410 e. The number of aryl methyl sites for hydroxylation is 1. The summed E-state index contributed by atoms with van der Waals surface area (Å²) >= 11 is 0. The maximum Gasteiger partial charge on any atom is 0.410 e. The van der Waals surface area contributed by atoms with Gasteiger partial charge in [-0.3, -0.25) is 9.59 Å². The number of likely N-dealkylation sites (tertiary alicyclic amines) is 1. The molecule has 0 radical (unpaired) electrons. The molecule has 2 saturated heterocycles. The lowest BCUT2D eigenvalue weighted by molar-refractivity contribution is -0.134. The van der Waals surface area contributed by atoms with E-state index in [0.29, 0.717) is 51.0 Å². The zero-order valence-corrected chi connectivity index (χ0v) is 16.1.